The van der Waals surface area contributed by atoms with Crippen molar-refractivity contribution >= 4 is 11.8 Å². The van der Waals surface area contributed by atoms with Crippen molar-refractivity contribution in [1.29, 1.82) is 0 Å². The fourth-order valence-corrected chi connectivity index (χ4v) is 4.22. The molecule has 2 aliphatic rings. The van der Waals surface area contributed by atoms with Crippen molar-refractivity contribution in [2.45, 2.75) is 44.4 Å². The van der Waals surface area contributed by atoms with Gasteiger partial charge in [0.2, 0.25) is 5.91 Å². The molecule has 0 bridgehead atoms. The highest BCUT2D eigenvalue weighted by atomic mass is 19.1. The average molecular weight is 396 g/mol. The van der Waals surface area contributed by atoms with Crippen molar-refractivity contribution in [1.82, 2.24) is 10.2 Å². The van der Waals surface area contributed by atoms with Gasteiger partial charge in [0, 0.05) is 25.3 Å². The summed E-state index contributed by atoms with van der Waals surface area (Å²) in [4.78, 5) is 27.4. The molecule has 1 N–H and O–H groups in total. The van der Waals surface area contributed by atoms with E-state index in [2.05, 4.69) is 12.2 Å². The van der Waals surface area contributed by atoms with E-state index in [9.17, 15) is 18.4 Å². The summed E-state index contributed by atoms with van der Waals surface area (Å²) in [5.74, 6) is -2.33. The Balaban J connectivity index is 1.92. The number of amides is 2. The van der Waals surface area contributed by atoms with Gasteiger partial charge in [-0.3, -0.25) is 14.5 Å². The molecule has 1 aliphatic carbocycles. The molecule has 8 heteroatoms. The third-order valence-electron chi connectivity index (χ3n) is 5.43. The highest BCUT2D eigenvalue weighted by molar-refractivity contribution is 5.98. The fraction of sp³-hybridized carbons (Fsp3) is 0.600. The molecular formula is C20H26F2N2O4. The van der Waals surface area contributed by atoms with E-state index in [-0.39, 0.29) is 18.1 Å². The lowest BCUT2D eigenvalue weighted by atomic mass is 9.83. The van der Waals surface area contributed by atoms with Gasteiger partial charge in [-0.05, 0) is 37.3 Å². The summed E-state index contributed by atoms with van der Waals surface area (Å²) in [6.07, 6.45) is 3.02. The minimum absolute atomic E-state index is 0.0507. The number of benzene rings is 1. The molecule has 0 radical (unpaired) electrons. The number of hydrogen-bond donors (Lipinski definition) is 1. The second-order valence-electron chi connectivity index (χ2n) is 7.59. The number of methoxy groups -OCH3 is 1. The normalized spacial score (nSPS) is 27.2. The molecule has 28 heavy (non-hydrogen) atoms. The molecule has 1 saturated carbocycles. The number of ether oxygens (including phenoxy) is 2. The molecule has 0 unspecified atom stereocenters. The van der Waals surface area contributed by atoms with Gasteiger partial charge >= 0.3 is 0 Å². The van der Waals surface area contributed by atoms with Crippen LogP contribution in [0.1, 0.15) is 43.0 Å². The van der Waals surface area contributed by atoms with Gasteiger partial charge in [0.1, 0.15) is 23.4 Å². The Kier molecular flexibility index (Phi) is 6.30. The van der Waals surface area contributed by atoms with Gasteiger partial charge in [-0.2, -0.15) is 0 Å². The zero-order chi connectivity index (χ0) is 20.3. The average Bonchev–Trinajstić information content (AvgIpc) is 2.98. The minimum Gasteiger partial charge on any atom is -0.383 e. The molecule has 3 atom stereocenters. The van der Waals surface area contributed by atoms with Crippen LogP contribution in [0.5, 0.6) is 0 Å². The van der Waals surface area contributed by atoms with E-state index in [1.54, 1.807) is 0 Å². The molecule has 1 heterocycles. The van der Waals surface area contributed by atoms with Crippen molar-refractivity contribution in [3.05, 3.63) is 35.4 Å². The lowest BCUT2D eigenvalue weighted by Gasteiger charge is -2.43. The number of halogens is 2. The van der Waals surface area contributed by atoms with Gasteiger partial charge in [0.15, 0.2) is 0 Å². The van der Waals surface area contributed by atoms with Crippen LogP contribution in [0, 0.1) is 17.6 Å². The summed E-state index contributed by atoms with van der Waals surface area (Å²) < 4.78 is 38.4. The summed E-state index contributed by atoms with van der Waals surface area (Å²) in [5, 5.41) is 2.73. The molecule has 2 fully saturated rings. The first-order valence-corrected chi connectivity index (χ1v) is 9.56. The number of rotatable bonds is 5. The maximum absolute atomic E-state index is 13.7. The van der Waals surface area contributed by atoms with Crippen LogP contribution in [0.2, 0.25) is 0 Å². The van der Waals surface area contributed by atoms with Gasteiger partial charge < -0.3 is 14.8 Å². The Hall–Kier alpha value is -2.06. The number of carbonyl (C=O) groups is 2. The van der Waals surface area contributed by atoms with Gasteiger partial charge in [-0.1, -0.05) is 13.3 Å². The lowest BCUT2D eigenvalue weighted by molar-refractivity contribution is -0.128. The van der Waals surface area contributed by atoms with Crippen LogP contribution < -0.4 is 5.32 Å². The number of nitrogens with zero attached hydrogens (tertiary/aromatic N) is 1. The highest BCUT2D eigenvalue weighted by Gasteiger charge is 2.54. The zero-order valence-electron chi connectivity index (χ0n) is 16.2. The van der Waals surface area contributed by atoms with Crippen LogP contribution in [0.15, 0.2) is 18.2 Å². The van der Waals surface area contributed by atoms with Gasteiger partial charge in [-0.15, -0.1) is 0 Å². The summed E-state index contributed by atoms with van der Waals surface area (Å²) in [6.45, 7) is 2.76. The topological polar surface area (TPSA) is 67.9 Å². The third-order valence-corrected chi connectivity index (χ3v) is 5.43. The van der Waals surface area contributed by atoms with Crippen molar-refractivity contribution in [2.75, 3.05) is 26.9 Å². The summed E-state index contributed by atoms with van der Waals surface area (Å²) in [7, 11) is 1.53. The molecule has 1 aromatic rings. The maximum Gasteiger partial charge on any atom is 0.257 e. The molecule has 1 saturated heterocycles. The molecule has 154 valence electrons. The van der Waals surface area contributed by atoms with Gasteiger partial charge in [0.25, 0.3) is 5.91 Å². The molecule has 6 nitrogen and oxygen atoms in total. The Morgan fingerprint density at radius 2 is 2.04 bits per heavy atom. The molecule has 2 amide bonds. The van der Waals surface area contributed by atoms with Crippen LogP contribution in [-0.4, -0.2) is 55.3 Å². The van der Waals surface area contributed by atoms with E-state index in [4.69, 9.17) is 9.47 Å². The van der Waals surface area contributed by atoms with Crippen LogP contribution in [0.25, 0.3) is 0 Å². The number of nitrogens with one attached hydrogen (secondary N) is 1. The van der Waals surface area contributed by atoms with Crippen molar-refractivity contribution in [3.8, 4) is 0 Å². The smallest absolute Gasteiger partial charge is 0.257 e. The molecule has 1 aliphatic heterocycles. The SMILES string of the molecule is COCCNC(=O)[C@@H]1CO[C@@]2(CCC[C@@H](C)C2)N1C(=O)c1cc(F)cc(F)c1. The molecular weight excluding hydrogens is 370 g/mol. The van der Waals surface area contributed by atoms with Gasteiger partial charge in [-0.25, -0.2) is 8.78 Å². The first kappa shape index (κ1) is 20.7. The molecule has 3 rings (SSSR count). The predicted octanol–water partition coefficient (Wildman–Crippen LogP) is 2.47. The zero-order valence-corrected chi connectivity index (χ0v) is 16.2. The molecule has 1 spiro atoms. The summed E-state index contributed by atoms with van der Waals surface area (Å²) in [6, 6.07) is 1.83. The minimum atomic E-state index is -0.930. The molecule has 1 aromatic carbocycles. The van der Waals surface area contributed by atoms with E-state index in [0.29, 0.717) is 38.0 Å². The molecule has 0 aromatic heterocycles. The van der Waals surface area contributed by atoms with Gasteiger partial charge in [0.05, 0.1) is 13.2 Å². The highest BCUT2D eigenvalue weighted by Crippen LogP contribution is 2.43. The first-order chi connectivity index (χ1) is 13.4. The van der Waals surface area contributed by atoms with E-state index in [1.807, 2.05) is 0 Å². The van der Waals surface area contributed by atoms with Crippen LogP contribution >= 0.6 is 0 Å². The van der Waals surface area contributed by atoms with Crippen LogP contribution in [0.4, 0.5) is 8.78 Å². The monoisotopic (exact) mass is 396 g/mol. The number of carbonyl (C=O) groups excluding carboxylic acids is 2. The van der Waals surface area contributed by atoms with Crippen molar-refractivity contribution < 1.29 is 27.8 Å². The fourth-order valence-electron chi connectivity index (χ4n) is 4.22. The Morgan fingerprint density at radius 1 is 1.32 bits per heavy atom. The van der Waals surface area contributed by atoms with E-state index in [1.165, 1.54) is 12.0 Å². The largest absolute Gasteiger partial charge is 0.383 e. The van der Waals surface area contributed by atoms with E-state index >= 15 is 0 Å². The van der Waals surface area contributed by atoms with E-state index in [0.717, 1.165) is 25.0 Å². The maximum atomic E-state index is 13.7. The van der Waals surface area contributed by atoms with Crippen LogP contribution in [-0.2, 0) is 14.3 Å². The van der Waals surface area contributed by atoms with Crippen LogP contribution in [0.3, 0.4) is 0 Å². The second kappa shape index (κ2) is 8.53. The standard InChI is InChI=1S/C20H26F2N2O4/c1-13-4-3-5-20(11-13)24(17(12-28-20)18(25)23-6-7-27-2)19(26)14-8-15(21)10-16(22)9-14/h8-10,13,17H,3-7,11-12H2,1-2H3,(H,23,25)/t13-,17+,20-/m1/s1. The first-order valence-electron chi connectivity index (χ1n) is 9.56. The lowest BCUT2D eigenvalue weighted by Crippen LogP contribution is -2.57. The predicted molar refractivity (Wildman–Crippen MR) is 97.5 cm³/mol. The number of hydrogen-bond acceptors (Lipinski definition) is 4. The second-order valence-corrected chi connectivity index (χ2v) is 7.59. The summed E-state index contributed by atoms with van der Waals surface area (Å²) in [5.41, 5.74) is -1.06. The Morgan fingerprint density at radius 3 is 2.68 bits per heavy atom. The Bertz CT molecular complexity index is 725. The van der Waals surface area contributed by atoms with E-state index < -0.39 is 29.3 Å². The Labute approximate surface area is 163 Å². The third kappa shape index (κ3) is 4.17. The summed E-state index contributed by atoms with van der Waals surface area (Å²) >= 11 is 0. The quantitative estimate of drug-likeness (QED) is 0.777. The van der Waals surface area contributed by atoms with Crippen molar-refractivity contribution in [2.24, 2.45) is 5.92 Å². The van der Waals surface area contributed by atoms with Crippen molar-refractivity contribution in [3.63, 3.8) is 0 Å².